The molecule has 3 rings (SSSR count). The van der Waals surface area contributed by atoms with Crippen molar-refractivity contribution < 1.29 is 4.74 Å². The molecule has 19 heavy (non-hydrogen) atoms. The fourth-order valence-corrected chi connectivity index (χ4v) is 2.51. The van der Waals surface area contributed by atoms with Crippen molar-refractivity contribution >= 4 is 21.7 Å². The first-order valence-corrected chi connectivity index (χ1v) is 6.77. The second kappa shape index (κ2) is 5.24. The van der Waals surface area contributed by atoms with Crippen LogP contribution in [-0.2, 0) is 17.8 Å². The summed E-state index contributed by atoms with van der Waals surface area (Å²) in [5.41, 5.74) is 5.55. The summed E-state index contributed by atoms with van der Waals surface area (Å²) in [6.45, 7) is 1.19. The van der Waals surface area contributed by atoms with Crippen molar-refractivity contribution in [2.24, 2.45) is 5.84 Å². The van der Waals surface area contributed by atoms with E-state index in [1.165, 1.54) is 0 Å². The molecular formula is C13H13BrN4O. The molecule has 1 aromatic carbocycles. The van der Waals surface area contributed by atoms with Gasteiger partial charge in [-0.05, 0) is 12.1 Å². The van der Waals surface area contributed by atoms with Crippen LogP contribution in [0.5, 0.6) is 0 Å². The van der Waals surface area contributed by atoms with Gasteiger partial charge in [0.15, 0.2) is 5.82 Å². The zero-order chi connectivity index (χ0) is 13.2. The van der Waals surface area contributed by atoms with E-state index in [4.69, 9.17) is 10.6 Å². The van der Waals surface area contributed by atoms with Gasteiger partial charge in [0.25, 0.3) is 0 Å². The minimum Gasteiger partial charge on any atom is -0.376 e. The Morgan fingerprint density at radius 2 is 2.21 bits per heavy atom. The lowest BCUT2D eigenvalue weighted by molar-refractivity contribution is 0.109. The molecule has 5 nitrogen and oxygen atoms in total. The average molecular weight is 321 g/mol. The van der Waals surface area contributed by atoms with Gasteiger partial charge in [0, 0.05) is 22.0 Å². The van der Waals surface area contributed by atoms with Crippen LogP contribution in [0.3, 0.4) is 0 Å². The highest BCUT2D eigenvalue weighted by Gasteiger charge is 2.18. The third kappa shape index (κ3) is 2.47. The molecule has 0 fully saturated rings. The van der Waals surface area contributed by atoms with Crippen molar-refractivity contribution in [1.29, 1.82) is 0 Å². The fraction of sp³-hybridized carbons (Fsp3) is 0.231. The Bertz CT molecular complexity index is 600. The monoisotopic (exact) mass is 320 g/mol. The molecule has 0 saturated heterocycles. The van der Waals surface area contributed by atoms with Crippen LogP contribution in [0.15, 0.2) is 28.7 Å². The molecule has 0 unspecified atom stereocenters. The summed E-state index contributed by atoms with van der Waals surface area (Å²) in [6, 6.07) is 7.90. The Hall–Kier alpha value is -1.50. The second-order valence-electron chi connectivity index (χ2n) is 4.28. The molecule has 1 aliphatic rings. The normalized spacial score (nSPS) is 14.0. The van der Waals surface area contributed by atoms with Crippen molar-refractivity contribution in [3.63, 3.8) is 0 Å². The number of aromatic nitrogens is 2. The zero-order valence-corrected chi connectivity index (χ0v) is 11.8. The van der Waals surface area contributed by atoms with Gasteiger partial charge >= 0.3 is 0 Å². The number of anilines is 1. The van der Waals surface area contributed by atoms with Gasteiger partial charge in [-0.1, -0.05) is 28.1 Å². The maximum atomic E-state index is 5.55. The van der Waals surface area contributed by atoms with E-state index in [-0.39, 0.29) is 0 Å². The standard InChI is InChI=1S/C13H13BrN4O/c14-9-3-1-2-8(6-9)12-16-11-4-5-19-7-10(11)13(17-12)18-15/h1-3,6H,4-5,7,15H2,(H,16,17,18). The van der Waals surface area contributed by atoms with Crippen LogP contribution in [-0.4, -0.2) is 16.6 Å². The Labute approximate surface area is 119 Å². The maximum Gasteiger partial charge on any atom is 0.161 e. The number of halogens is 1. The number of ether oxygens (including phenoxy) is 1. The largest absolute Gasteiger partial charge is 0.376 e. The highest BCUT2D eigenvalue weighted by molar-refractivity contribution is 9.10. The van der Waals surface area contributed by atoms with Crippen LogP contribution in [0.2, 0.25) is 0 Å². The molecule has 0 atom stereocenters. The lowest BCUT2D eigenvalue weighted by Gasteiger charge is -2.19. The van der Waals surface area contributed by atoms with E-state index in [2.05, 4.69) is 31.3 Å². The number of nitrogens with zero attached hydrogens (tertiary/aromatic N) is 2. The van der Waals surface area contributed by atoms with Crippen LogP contribution in [0, 0.1) is 0 Å². The molecule has 2 heterocycles. The first-order valence-electron chi connectivity index (χ1n) is 5.98. The molecule has 0 aliphatic carbocycles. The molecular weight excluding hydrogens is 308 g/mol. The van der Waals surface area contributed by atoms with E-state index < -0.39 is 0 Å². The number of benzene rings is 1. The quantitative estimate of drug-likeness (QED) is 0.656. The Balaban J connectivity index is 2.12. The molecule has 98 valence electrons. The topological polar surface area (TPSA) is 73.1 Å². The van der Waals surface area contributed by atoms with Gasteiger partial charge in [0.2, 0.25) is 0 Å². The second-order valence-corrected chi connectivity index (χ2v) is 5.19. The molecule has 0 bridgehead atoms. The molecule has 0 spiro atoms. The van der Waals surface area contributed by atoms with E-state index in [0.29, 0.717) is 24.9 Å². The highest BCUT2D eigenvalue weighted by atomic mass is 79.9. The number of hydrazine groups is 1. The summed E-state index contributed by atoms with van der Waals surface area (Å²) in [7, 11) is 0. The first-order chi connectivity index (χ1) is 9.28. The zero-order valence-electron chi connectivity index (χ0n) is 10.2. The molecule has 0 saturated carbocycles. The SMILES string of the molecule is NNc1nc(-c2cccc(Br)c2)nc2c1COCC2. The van der Waals surface area contributed by atoms with Crippen molar-refractivity contribution in [2.45, 2.75) is 13.0 Å². The van der Waals surface area contributed by atoms with E-state index in [9.17, 15) is 0 Å². The Morgan fingerprint density at radius 3 is 3.00 bits per heavy atom. The van der Waals surface area contributed by atoms with Gasteiger partial charge < -0.3 is 10.2 Å². The lowest BCUT2D eigenvalue weighted by Crippen LogP contribution is -2.19. The molecule has 6 heteroatoms. The number of nitrogens with one attached hydrogen (secondary N) is 1. The van der Waals surface area contributed by atoms with Crippen LogP contribution in [0.4, 0.5) is 5.82 Å². The molecule has 1 aromatic heterocycles. The van der Waals surface area contributed by atoms with Crippen LogP contribution >= 0.6 is 15.9 Å². The predicted molar refractivity (Wildman–Crippen MR) is 76.3 cm³/mol. The molecule has 3 N–H and O–H groups in total. The first kappa shape index (κ1) is 12.5. The van der Waals surface area contributed by atoms with Gasteiger partial charge in [-0.3, -0.25) is 0 Å². The molecule has 1 aliphatic heterocycles. The van der Waals surface area contributed by atoms with Gasteiger partial charge in [0.05, 0.1) is 18.9 Å². The summed E-state index contributed by atoms with van der Waals surface area (Å²) >= 11 is 3.45. The predicted octanol–water partition coefficient (Wildman–Crippen LogP) is 2.26. The lowest BCUT2D eigenvalue weighted by atomic mass is 10.1. The molecule has 2 aromatic rings. The number of fused-ring (bicyclic) bond motifs is 1. The third-order valence-corrected chi connectivity index (χ3v) is 3.54. The van der Waals surface area contributed by atoms with E-state index in [1.807, 2.05) is 24.3 Å². The van der Waals surface area contributed by atoms with Crippen LogP contribution in [0.25, 0.3) is 11.4 Å². The number of hydrogen-bond acceptors (Lipinski definition) is 5. The van der Waals surface area contributed by atoms with Crippen LogP contribution in [0.1, 0.15) is 11.3 Å². The van der Waals surface area contributed by atoms with Crippen molar-refractivity contribution in [1.82, 2.24) is 9.97 Å². The van der Waals surface area contributed by atoms with E-state index in [0.717, 1.165) is 27.7 Å². The highest BCUT2D eigenvalue weighted by Crippen LogP contribution is 2.26. The minimum absolute atomic E-state index is 0.508. The summed E-state index contributed by atoms with van der Waals surface area (Å²) in [6.07, 6.45) is 0.785. The minimum atomic E-state index is 0.508. The van der Waals surface area contributed by atoms with E-state index in [1.54, 1.807) is 0 Å². The van der Waals surface area contributed by atoms with Crippen molar-refractivity contribution in [2.75, 3.05) is 12.0 Å². The summed E-state index contributed by atoms with van der Waals surface area (Å²) in [4.78, 5) is 9.09. The summed E-state index contributed by atoms with van der Waals surface area (Å²) in [5, 5.41) is 0. The molecule has 0 radical (unpaired) electrons. The van der Waals surface area contributed by atoms with Gasteiger partial charge in [-0.25, -0.2) is 15.8 Å². The Kier molecular flexibility index (Phi) is 3.46. The van der Waals surface area contributed by atoms with Gasteiger partial charge in [0.1, 0.15) is 5.82 Å². The maximum absolute atomic E-state index is 5.55. The van der Waals surface area contributed by atoms with Crippen molar-refractivity contribution in [3.8, 4) is 11.4 Å². The molecule has 0 amide bonds. The number of nitrogen functional groups attached to an aromatic ring is 1. The van der Waals surface area contributed by atoms with Gasteiger partial charge in [-0.2, -0.15) is 0 Å². The fourth-order valence-electron chi connectivity index (χ4n) is 2.11. The number of hydrogen-bond donors (Lipinski definition) is 2. The number of nitrogens with two attached hydrogens (primary N) is 1. The average Bonchev–Trinajstić information content (AvgIpc) is 2.46. The smallest absolute Gasteiger partial charge is 0.161 e. The third-order valence-electron chi connectivity index (χ3n) is 3.04. The Morgan fingerprint density at radius 1 is 1.32 bits per heavy atom. The number of rotatable bonds is 2. The van der Waals surface area contributed by atoms with Crippen LogP contribution < -0.4 is 11.3 Å². The summed E-state index contributed by atoms with van der Waals surface area (Å²) in [5.74, 6) is 6.86. The summed E-state index contributed by atoms with van der Waals surface area (Å²) < 4.78 is 6.42. The van der Waals surface area contributed by atoms with E-state index >= 15 is 0 Å². The van der Waals surface area contributed by atoms with Crippen molar-refractivity contribution in [3.05, 3.63) is 40.0 Å². The van der Waals surface area contributed by atoms with Gasteiger partial charge in [-0.15, -0.1) is 0 Å².